The molecular weight excluding hydrogens is 492 g/mol. The Morgan fingerprint density at radius 2 is 1.89 bits per heavy atom. The Kier molecular flexibility index (Phi) is 6.96. The fraction of sp³-hybridized carbons (Fsp3) is 0.296. The molecule has 0 radical (unpaired) electrons. The summed E-state index contributed by atoms with van der Waals surface area (Å²) in [4.78, 5) is 15.1. The number of carbonyl (C=O) groups excluding carboxylic acids is 1. The Bertz CT molecular complexity index is 1450. The van der Waals surface area contributed by atoms with Crippen molar-refractivity contribution >= 4 is 11.8 Å². The highest BCUT2D eigenvalue weighted by Gasteiger charge is 2.37. The number of para-hydroxylation sites is 1. The SMILES string of the molecule is Cc1c(-c2cnn(C)c2)nn(-c2ccccc2)c1NC(=O)N[C@@H]1CN(C(C)O)C[C@H]1c1ccc(F)c(F)c1. The van der Waals surface area contributed by atoms with Gasteiger partial charge >= 0.3 is 6.03 Å². The van der Waals surface area contributed by atoms with Crippen LogP contribution in [0.5, 0.6) is 0 Å². The molecule has 11 heteroatoms. The quantitative estimate of drug-likeness (QED) is 0.359. The smallest absolute Gasteiger partial charge is 0.320 e. The van der Waals surface area contributed by atoms with Gasteiger partial charge in [0.15, 0.2) is 11.6 Å². The van der Waals surface area contributed by atoms with Crippen LogP contribution in [0.4, 0.5) is 19.4 Å². The second kappa shape index (κ2) is 10.3. The van der Waals surface area contributed by atoms with Gasteiger partial charge in [0.05, 0.1) is 17.9 Å². The zero-order valence-corrected chi connectivity index (χ0v) is 21.3. The van der Waals surface area contributed by atoms with Crippen LogP contribution in [0.2, 0.25) is 0 Å². The molecule has 0 spiro atoms. The molecule has 2 aromatic carbocycles. The lowest BCUT2D eigenvalue weighted by Crippen LogP contribution is -2.43. The van der Waals surface area contributed by atoms with Crippen LogP contribution in [-0.2, 0) is 7.05 Å². The highest BCUT2D eigenvalue weighted by molar-refractivity contribution is 5.91. The van der Waals surface area contributed by atoms with Crippen molar-refractivity contribution in [1.29, 1.82) is 0 Å². The van der Waals surface area contributed by atoms with Crippen LogP contribution >= 0.6 is 0 Å². The molecular formula is C27H29F2N7O2. The molecule has 198 valence electrons. The molecule has 0 saturated carbocycles. The number of nitrogens with zero attached hydrogens (tertiary/aromatic N) is 5. The molecule has 3 N–H and O–H groups in total. The van der Waals surface area contributed by atoms with Gasteiger partial charge in [0.2, 0.25) is 0 Å². The summed E-state index contributed by atoms with van der Waals surface area (Å²) in [5.41, 5.74) is 3.55. The number of halogens is 2. The van der Waals surface area contributed by atoms with Crippen LogP contribution in [-0.4, -0.2) is 61.0 Å². The van der Waals surface area contributed by atoms with Gasteiger partial charge in [-0.15, -0.1) is 0 Å². The van der Waals surface area contributed by atoms with Crippen molar-refractivity contribution in [3.63, 3.8) is 0 Å². The van der Waals surface area contributed by atoms with E-state index >= 15 is 0 Å². The Hall–Kier alpha value is -4.09. The number of amides is 2. The minimum Gasteiger partial charge on any atom is -0.379 e. The van der Waals surface area contributed by atoms with Gasteiger partial charge in [0, 0.05) is 43.4 Å². The van der Waals surface area contributed by atoms with E-state index in [1.54, 1.807) is 27.4 Å². The molecule has 5 rings (SSSR count). The second-order valence-electron chi connectivity index (χ2n) is 9.54. The van der Waals surface area contributed by atoms with Crippen LogP contribution in [0, 0.1) is 18.6 Å². The normalized spacial score (nSPS) is 18.5. The molecule has 1 aliphatic rings. The summed E-state index contributed by atoms with van der Waals surface area (Å²) in [6.45, 7) is 4.22. The lowest BCUT2D eigenvalue weighted by atomic mass is 9.94. The summed E-state index contributed by atoms with van der Waals surface area (Å²) in [6, 6.07) is 12.2. The molecule has 38 heavy (non-hydrogen) atoms. The maximum Gasteiger partial charge on any atom is 0.320 e. The summed E-state index contributed by atoms with van der Waals surface area (Å²) >= 11 is 0. The van der Waals surface area contributed by atoms with Crippen LogP contribution in [0.15, 0.2) is 60.9 Å². The average molecular weight is 522 g/mol. The van der Waals surface area contributed by atoms with Crippen LogP contribution in [0.3, 0.4) is 0 Å². The van der Waals surface area contributed by atoms with Crippen molar-refractivity contribution in [2.75, 3.05) is 18.4 Å². The summed E-state index contributed by atoms with van der Waals surface area (Å²) < 4.78 is 30.9. The number of urea groups is 1. The molecule has 1 fully saturated rings. The Labute approximate surface area is 218 Å². The number of hydrogen-bond donors (Lipinski definition) is 3. The number of carbonyl (C=O) groups is 1. The first-order valence-corrected chi connectivity index (χ1v) is 12.3. The first-order valence-electron chi connectivity index (χ1n) is 12.3. The number of nitrogens with one attached hydrogen (secondary N) is 2. The molecule has 0 aliphatic carbocycles. The standard InChI is InChI=1S/C27H29F2N7O2/c1-16-25(19-12-30-34(3)13-19)33-36(20-7-5-4-6-8-20)26(16)32-27(38)31-24-15-35(17(2)37)14-21(24)18-9-10-22(28)23(29)11-18/h4-13,17,21,24,37H,14-15H2,1-3H3,(H2,31,32,38)/t17?,21-,24+/m0/s1. The molecule has 3 heterocycles. The van der Waals surface area contributed by atoms with E-state index in [-0.39, 0.29) is 5.92 Å². The van der Waals surface area contributed by atoms with Gasteiger partial charge in [-0.05, 0) is 43.7 Å². The van der Waals surface area contributed by atoms with Gasteiger partial charge in [-0.2, -0.15) is 10.2 Å². The van der Waals surface area contributed by atoms with Gasteiger partial charge < -0.3 is 10.4 Å². The van der Waals surface area contributed by atoms with Gasteiger partial charge in [-0.3, -0.25) is 14.9 Å². The van der Waals surface area contributed by atoms with Gasteiger partial charge in [0.25, 0.3) is 0 Å². The van der Waals surface area contributed by atoms with E-state index in [4.69, 9.17) is 5.10 Å². The van der Waals surface area contributed by atoms with Crippen molar-refractivity contribution in [3.8, 4) is 16.9 Å². The first kappa shape index (κ1) is 25.6. The predicted octanol–water partition coefficient (Wildman–Crippen LogP) is 3.79. The van der Waals surface area contributed by atoms with Crippen LogP contribution in [0.25, 0.3) is 16.9 Å². The van der Waals surface area contributed by atoms with E-state index in [0.29, 0.717) is 30.2 Å². The molecule has 2 aromatic heterocycles. The minimum absolute atomic E-state index is 0.340. The van der Waals surface area contributed by atoms with E-state index in [9.17, 15) is 18.7 Å². The molecule has 4 aromatic rings. The summed E-state index contributed by atoms with van der Waals surface area (Å²) in [6.07, 6.45) is 2.80. The molecule has 1 saturated heterocycles. The Morgan fingerprint density at radius 3 is 2.55 bits per heavy atom. The number of aryl methyl sites for hydroxylation is 1. The topological polar surface area (TPSA) is 100 Å². The van der Waals surface area contributed by atoms with Gasteiger partial charge in [-0.25, -0.2) is 18.3 Å². The third-order valence-corrected chi connectivity index (χ3v) is 6.90. The highest BCUT2D eigenvalue weighted by Crippen LogP contribution is 2.32. The zero-order chi connectivity index (χ0) is 27.0. The van der Waals surface area contributed by atoms with E-state index in [2.05, 4.69) is 15.7 Å². The highest BCUT2D eigenvalue weighted by atomic mass is 19.2. The fourth-order valence-corrected chi connectivity index (χ4v) is 4.89. The number of aliphatic hydroxyl groups is 1. The second-order valence-corrected chi connectivity index (χ2v) is 9.54. The molecule has 1 aliphatic heterocycles. The molecule has 1 unspecified atom stereocenters. The number of aliphatic hydroxyl groups excluding tert-OH is 1. The average Bonchev–Trinajstić information content (AvgIpc) is 3.59. The number of hydrogen-bond acceptors (Lipinski definition) is 5. The predicted molar refractivity (Wildman–Crippen MR) is 139 cm³/mol. The lowest BCUT2D eigenvalue weighted by Gasteiger charge is -2.21. The lowest BCUT2D eigenvalue weighted by molar-refractivity contribution is 0.0346. The Balaban J connectivity index is 1.44. The molecule has 9 nitrogen and oxygen atoms in total. The van der Waals surface area contributed by atoms with Gasteiger partial charge in [0.1, 0.15) is 17.7 Å². The van der Waals surface area contributed by atoms with Crippen molar-refractivity contribution in [2.45, 2.75) is 32.0 Å². The molecule has 2 amide bonds. The van der Waals surface area contributed by atoms with Crippen molar-refractivity contribution < 1.29 is 18.7 Å². The van der Waals surface area contributed by atoms with E-state index < -0.39 is 29.9 Å². The van der Waals surface area contributed by atoms with E-state index in [0.717, 1.165) is 28.9 Å². The maximum atomic E-state index is 14.0. The number of anilines is 1. The summed E-state index contributed by atoms with van der Waals surface area (Å²) in [5, 5.41) is 25.1. The first-order chi connectivity index (χ1) is 18.2. The van der Waals surface area contributed by atoms with Gasteiger partial charge in [-0.1, -0.05) is 24.3 Å². The third-order valence-electron chi connectivity index (χ3n) is 6.90. The van der Waals surface area contributed by atoms with Crippen LogP contribution < -0.4 is 10.6 Å². The molecule has 3 atom stereocenters. The monoisotopic (exact) mass is 521 g/mol. The van der Waals surface area contributed by atoms with Crippen LogP contribution in [0.1, 0.15) is 24.0 Å². The number of likely N-dealkylation sites (tertiary alicyclic amines) is 1. The largest absolute Gasteiger partial charge is 0.379 e. The molecule has 0 bridgehead atoms. The summed E-state index contributed by atoms with van der Waals surface area (Å²) in [5.74, 6) is -1.75. The minimum atomic E-state index is -0.952. The van der Waals surface area contributed by atoms with E-state index in [1.165, 1.54) is 6.07 Å². The zero-order valence-electron chi connectivity index (χ0n) is 21.3. The van der Waals surface area contributed by atoms with Crippen molar-refractivity contribution in [2.24, 2.45) is 7.05 Å². The van der Waals surface area contributed by atoms with Crippen molar-refractivity contribution in [1.82, 2.24) is 29.8 Å². The number of rotatable bonds is 6. The third kappa shape index (κ3) is 5.02. The number of benzene rings is 2. The number of aromatic nitrogens is 4. The van der Waals surface area contributed by atoms with Crippen molar-refractivity contribution in [3.05, 3.63) is 83.7 Å². The fourth-order valence-electron chi connectivity index (χ4n) is 4.89. The summed E-state index contributed by atoms with van der Waals surface area (Å²) in [7, 11) is 1.82. The van der Waals surface area contributed by atoms with E-state index in [1.807, 2.05) is 50.5 Å². The maximum absolute atomic E-state index is 14.0. The Morgan fingerprint density at radius 1 is 1.13 bits per heavy atom.